The minimum Gasteiger partial charge on any atom is -0.411 e. The van der Waals surface area contributed by atoms with E-state index >= 15 is 0 Å². The van der Waals surface area contributed by atoms with E-state index in [4.69, 9.17) is 13.3 Å². The van der Waals surface area contributed by atoms with Gasteiger partial charge < -0.3 is 9.16 Å². The highest BCUT2D eigenvalue weighted by molar-refractivity contribution is 14.1. The Kier molecular flexibility index (Phi) is 10.6. The van der Waals surface area contributed by atoms with Gasteiger partial charge in [-0.05, 0) is 66.6 Å². The van der Waals surface area contributed by atoms with Crippen LogP contribution >= 0.6 is 22.6 Å². The largest absolute Gasteiger partial charge is 0.411 e. The first kappa shape index (κ1) is 29.8. The molecule has 0 aliphatic carbocycles. The second-order valence-corrected chi connectivity index (χ2v) is 17.2. The van der Waals surface area contributed by atoms with Gasteiger partial charge in [0.25, 0.3) is 10.1 Å². The Hall–Kier alpha value is -0.263. The van der Waals surface area contributed by atoms with E-state index in [1.807, 2.05) is 37.0 Å². The number of halogens is 1. The maximum Gasteiger partial charge on any atom is 0.297 e. The summed E-state index contributed by atoms with van der Waals surface area (Å²) in [5.41, 5.74) is 3.47. The van der Waals surface area contributed by atoms with Crippen LogP contribution in [0.1, 0.15) is 51.3 Å². The number of methoxy groups -OCH3 is 1. The summed E-state index contributed by atoms with van der Waals surface area (Å²) >= 11 is 2.20. The first-order valence-electron chi connectivity index (χ1n) is 10.9. The third-order valence-electron chi connectivity index (χ3n) is 6.43. The predicted octanol–water partition coefficient (Wildman–Crippen LogP) is 6.70. The summed E-state index contributed by atoms with van der Waals surface area (Å²) in [5, 5.41) is -0.0231. The van der Waals surface area contributed by atoms with E-state index in [0.29, 0.717) is 11.1 Å². The van der Waals surface area contributed by atoms with Crippen LogP contribution in [0.3, 0.4) is 0 Å². The molecule has 3 atom stereocenters. The zero-order valence-corrected chi connectivity index (χ0v) is 25.5. The molecular formula is C24H41IO5SSi. The molecule has 0 N–H and O–H groups in total. The summed E-state index contributed by atoms with van der Waals surface area (Å²) in [6, 6.07) is 3.73. The predicted molar refractivity (Wildman–Crippen MR) is 144 cm³/mol. The summed E-state index contributed by atoms with van der Waals surface area (Å²) in [4.78, 5) is 0.244. The first-order valence-corrected chi connectivity index (χ1v) is 16.5. The highest BCUT2D eigenvalue weighted by Gasteiger charge is 2.42. The molecule has 0 aromatic heterocycles. The van der Waals surface area contributed by atoms with E-state index in [2.05, 4.69) is 56.5 Å². The molecule has 0 amide bonds. The molecule has 5 nitrogen and oxygen atoms in total. The molecule has 0 aliphatic heterocycles. The summed E-state index contributed by atoms with van der Waals surface area (Å²) in [6.07, 6.45) is -0.635. The van der Waals surface area contributed by atoms with Gasteiger partial charge >= 0.3 is 0 Å². The number of benzene rings is 1. The van der Waals surface area contributed by atoms with E-state index in [-0.39, 0.29) is 28.6 Å². The van der Waals surface area contributed by atoms with E-state index in [1.165, 1.54) is 0 Å². The summed E-state index contributed by atoms with van der Waals surface area (Å²) in [7, 11) is -4.46. The van der Waals surface area contributed by atoms with Crippen molar-refractivity contribution < 1.29 is 21.8 Å². The molecule has 0 heterocycles. The highest BCUT2D eigenvalue weighted by Crippen LogP contribution is 2.39. The van der Waals surface area contributed by atoms with E-state index in [1.54, 1.807) is 21.0 Å². The first-order chi connectivity index (χ1) is 14.5. The van der Waals surface area contributed by atoms with Crippen molar-refractivity contribution in [2.45, 2.75) is 90.6 Å². The standard InChI is InChI=1S/C24H41IO5SSi/c1-16-12-17(2)23(18(3)13-16)31(26,27)29-15-21(30-32(10,11)24(6,7)8)20(5)22(28-9)19(4)14-25/h12-14,20-22H,15H2,1-11H3/b19-14+/t20-,21-,22-/m0/s1. The van der Waals surface area contributed by atoms with Gasteiger partial charge in [0.2, 0.25) is 0 Å². The van der Waals surface area contributed by atoms with E-state index in [9.17, 15) is 8.42 Å². The molecule has 0 saturated heterocycles. The van der Waals surface area contributed by atoms with Crippen molar-refractivity contribution in [2.75, 3.05) is 13.7 Å². The lowest BCUT2D eigenvalue weighted by molar-refractivity contribution is 0.000375. The van der Waals surface area contributed by atoms with Crippen molar-refractivity contribution in [1.82, 2.24) is 0 Å². The quantitative estimate of drug-likeness (QED) is 0.171. The third-order valence-corrected chi connectivity index (χ3v) is 13.5. The SMILES string of the molecule is CO[C@@H](/C(C)=C/I)[C@@H](C)[C@H](COS(=O)(=O)c1c(C)cc(C)cc1C)O[Si](C)(C)C(C)(C)C. The lowest BCUT2D eigenvalue weighted by Crippen LogP contribution is -2.49. The average Bonchev–Trinajstić information content (AvgIpc) is 2.63. The maximum atomic E-state index is 13.2. The van der Waals surface area contributed by atoms with Gasteiger partial charge in [-0.3, -0.25) is 4.18 Å². The van der Waals surface area contributed by atoms with Gasteiger partial charge in [-0.15, -0.1) is 0 Å². The Morgan fingerprint density at radius 1 is 1.16 bits per heavy atom. The fraction of sp³-hybridized carbons (Fsp3) is 0.667. The molecule has 0 radical (unpaired) electrons. The van der Waals surface area contributed by atoms with Gasteiger partial charge in [0.15, 0.2) is 8.32 Å². The van der Waals surface area contributed by atoms with Crippen LogP contribution < -0.4 is 0 Å². The summed E-state index contributed by atoms with van der Waals surface area (Å²) < 4.78 is 46.5. The molecule has 0 spiro atoms. The Labute approximate surface area is 210 Å². The molecule has 1 rings (SSSR count). The smallest absolute Gasteiger partial charge is 0.297 e. The molecule has 0 aliphatic rings. The van der Waals surface area contributed by atoms with Crippen LogP contribution in [-0.4, -0.2) is 42.7 Å². The molecule has 32 heavy (non-hydrogen) atoms. The number of hydrogen-bond acceptors (Lipinski definition) is 5. The molecular weight excluding hydrogens is 555 g/mol. The zero-order chi connectivity index (χ0) is 25.1. The van der Waals surface area contributed by atoms with Crippen LogP contribution in [0, 0.1) is 26.7 Å². The van der Waals surface area contributed by atoms with Gasteiger partial charge in [0.05, 0.1) is 23.7 Å². The van der Waals surface area contributed by atoms with Crippen LogP contribution in [0.15, 0.2) is 26.7 Å². The van der Waals surface area contributed by atoms with Crippen LogP contribution in [0.4, 0.5) is 0 Å². The summed E-state index contributed by atoms with van der Waals surface area (Å²) in [5.74, 6) is -0.101. The second-order valence-electron chi connectivity index (χ2n) is 10.3. The molecule has 0 fully saturated rings. The maximum absolute atomic E-state index is 13.2. The number of rotatable bonds is 10. The zero-order valence-electron chi connectivity index (χ0n) is 21.5. The fourth-order valence-corrected chi connectivity index (χ4v) is 6.78. The number of aryl methyl sites for hydroxylation is 3. The Balaban J connectivity index is 3.32. The number of hydrogen-bond donors (Lipinski definition) is 0. The van der Waals surface area contributed by atoms with E-state index in [0.717, 1.165) is 11.1 Å². The highest BCUT2D eigenvalue weighted by atomic mass is 127. The van der Waals surface area contributed by atoms with Gasteiger partial charge in [-0.2, -0.15) is 8.42 Å². The third kappa shape index (κ3) is 7.37. The van der Waals surface area contributed by atoms with Crippen molar-refractivity contribution in [3.8, 4) is 0 Å². The number of ether oxygens (including phenoxy) is 1. The van der Waals surface area contributed by atoms with Crippen molar-refractivity contribution in [3.05, 3.63) is 38.5 Å². The monoisotopic (exact) mass is 596 g/mol. The van der Waals surface area contributed by atoms with Crippen LogP contribution in [0.5, 0.6) is 0 Å². The Morgan fingerprint density at radius 2 is 1.66 bits per heavy atom. The van der Waals surface area contributed by atoms with Crippen molar-refractivity contribution in [3.63, 3.8) is 0 Å². The summed E-state index contributed by atoms with van der Waals surface area (Å²) in [6.45, 7) is 20.4. The second kappa shape index (κ2) is 11.4. The van der Waals surface area contributed by atoms with E-state index < -0.39 is 24.5 Å². The molecule has 1 aromatic rings. The van der Waals surface area contributed by atoms with Crippen LogP contribution in [0.2, 0.25) is 18.1 Å². The van der Waals surface area contributed by atoms with Gasteiger partial charge in [0, 0.05) is 13.0 Å². The molecule has 0 unspecified atom stereocenters. The Bertz CT molecular complexity index is 896. The normalized spacial score (nSPS) is 16.7. The molecule has 8 heteroatoms. The molecule has 0 saturated carbocycles. The van der Waals surface area contributed by atoms with Gasteiger partial charge in [-0.1, -0.05) is 68.0 Å². The van der Waals surface area contributed by atoms with Crippen molar-refractivity contribution in [1.29, 1.82) is 0 Å². The fourth-order valence-electron chi connectivity index (χ4n) is 3.70. The van der Waals surface area contributed by atoms with Gasteiger partial charge in [-0.25, -0.2) is 0 Å². The van der Waals surface area contributed by atoms with Gasteiger partial charge in [0.1, 0.15) is 0 Å². The van der Waals surface area contributed by atoms with Crippen molar-refractivity contribution in [2.24, 2.45) is 5.92 Å². The Morgan fingerprint density at radius 3 is 2.06 bits per heavy atom. The van der Waals surface area contributed by atoms with Crippen LogP contribution in [0.25, 0.3) is 0 Å². The molecule has 0 bridgehead atoms. The van der Waals surface area contributed by atoms with Crippen LogP contribution in [-0.2, 0) is 23.5 Å². The molecule has 184 valence electrons. The van der Waals surface area contributed by atoms with Crippen molar-refractivity contribution >= 4 is 41.0 Å². The lowest BCUT2D eigenvalue weighted by Gasteiger charge is -2.42. The average molecular weight is 597 g/mol. The molecule has 1 aromatic carbocycles. The topological polar surface area (TPSA) is 61.8 Å². The lowest BCUT2D eigenvalue weighted by atomic mass is 9.94. The minimum atomic E-state index is -3.94. The minimum absolute atomic E-state index is 0.0231.